The predicted molar refractivity (Wildman–Crippen MR) is 75.2 cm³/mol. The van der Waals surface area contributed by atoms with Crippen LogP contribution < -0.4 is 10.6 Å². The van der Waals surface area contributed by atoms with Gasteiger partial charge in [-0.3, -0.25) is 4.79 Å². The number of rotatable bonds is 6. The van der Waals surface area contributed by atoms with Crippen molar-refractivity contribution in [3.05, 3.63) is 17.4 Å². The Morgan fingerprint density at radius 2 is 2.05 bits per heavy atom. The van der Waals surface area contributed by atoms with Crippen molar-refractivity contribution in [2.45, 2.75) is 25.0 Å². The third-order valence-electron chi connectivity index (χ3n) is 2.94. The van der Waals surface area contributed by atoms with Crippen molar-refractivity contribution < 1.29 is 17.6 Å². The molecule has 114 valence electrons. The van der Waals surface area contributed by atoms with Gasteiger partial charge in [0, 0.05) is 32.7 Å². The molecule has 7 nitrogen and oxygen atoms in total. The number of hydrogen-bond acceptors (Lipinski definition) is 5. The third kappa shape index (κ3) is 3.59. The summed E-state index contributed by atoms with van der Waals surface area (Å²) in [6, 6.07) is 1.38. The largest absolute Gasteiger partial charge is 0.448 e. The van der Waals surface area contributed by atoms with E-state index in [4.69, 9.17) is 4.42 Å². The highest BCUT2D eigenvalue weighted by Crippen LogP contribution is 2.21. The van der Waals surface area contributed by atoms with Gasteiger partial charge >= 0.3 is 0 Å². The molecule has 1 heterocycles. The van der Waals surface area contributed by atoms with Crippen LogP contribution >= 0.6 is 0 Å². The standard InChI is InChI=1S/C12H21N3O4S/c1-8(13-3)7-14-12(16)10-6-11(19-9(10)2)20(17,18)15(4)5/h6,8,13H,7H2,1-5H3,(H,14,16). The van der Waals surface area contributed by atoms with Gasteiger partial charge in [-0.15, -0.1) is 0 Å². The van der Waals surface area contributed by atoms with Crippen molar-refractivity contribution in [2.75, 3.05) is 27.7 Å². The average Bonchev–Trinajstić information content (AvgIpc) is 2.78. The van der Waals surface area contributed by atoms with Crippen LogP contribution in [0.2, 0.25) is 0 Å². The smallest absolute Gasteiger partial charge is 0.275 e. The molecule has 0 aliphatic carbocycles. The molecule has 0 fully saturated rings. The van der Waals surface area contributed by atoms with Crippen LogP contribution in [0, 0.1) is 6.92 Å². The summed E-state index contributed by atoms with van der Waals surface area (Å²) in [5, 5.41) is 5.47. The van der Waals surface area contributed by atoms with Crippen LogP contribution in [-0.4, -0.2) is 52.4 Å². The van der Waals surface area contributed by atoms with E-state index in [2.05, 4.69) is 10.6 Å². The zero-order chi connectivity index (χ0) is 15.5. The number of carbonyl (C=O) groups is 1. The van der Waals surface area contributed by atoms with Gasteiger partial charge in [-0.2, -0.15) is 0 Å². The van der Waals surface area contributed by atoms with E-state index in [1.165, 1.54) is 20.2 Å². The molecule has 0 spiro atoms. The van der Waals surface area contributed by atoms with Crippen LogP contribution in [0.25, 0.3) is 0 Å². The molecule has 0 aliphatic heterocycles. The number of aryl methyl sites for hydroxylation is 1. The lowest BCUT2D eigenvalue weighted by Gasteiger charge is -2.10. The summed E-state index contributed by atoms with van der Waals surface area (Å²) in [5.41, 5.74) is 0.230. The topological polar surface area (TPSA) is 91.6 Å². The van der Waals surface area contributed by atoms with E-state index >= 15 is 0 Å². The lowest BCUT2D eigenvalue weighted by atomic mass is 10.2. The Hall–Kier alpha value is -1.38. The molecular weight excluding hydrogens is 282 g/mol. The Balaban J connectivity index is 2.94. The van der Waals surface area contributed by atoms with Gasteiger partial charge in [0.05, 0.1) is 5.56 Å². The van der Waals surface area contributed by atoms with Crippen LogP contribution in [0.1, 0.15) is 23.0 Å². The second-order valence-electron chi connectivity index (χ2n) is 4.72. The zero-order valence-electron chi connectivity index (χ0n) is 12.4. The monoisotopic (exact) mass is 303 g/mol. The Morgan fingerprint density at radius 1 is 1.45 bits per heavy atom. The lowest BCUT2D eigenvalue weighted by molar-refractivity contribution is 0.0949. The van der Waals surface area contributed by atoms with Crippen LogP contribution in [0.4, 0.5) is 0 Å². The molecule has 1 unspecified atom stereocenters. The number of likely N-dealkylation sites (N-methyl/N-ethyl adjacent to an activating group) is 1. The van der Waals surface area contributed by atoms with Gasteiger partial charge in [0.2, 0.25) is 5.09 Å². The minimum absolute atomic E-state index is 0.121. The molecule has 0 radical (unpaired) electrons. The van der Waals surface area contributed by atoms with E-state index in [-0.39, 0.29) is 28.4 Å². The molecule has 0 saturated carbocycles. The van der Waals surface area contributed by atoms with Gasteiger partial charge in [0.15, 0.2) is 0 Å². The molecule has 0 aliphatic rings. The summed E-state index contributed by atoms with van der Waals surface area (Å²) in [7, 11) is 0.928. The van der Waals surface area contributed by atoms with E-state index in [0.29, 0.717) is 6.54 Å². The predicted octanol–water partition coefficient (Wildman–Crippen LogP) is 0.176. The maximum atomic E-state index is 12.0. The molecule has 0 saturated heterocycles. The van der Waals surface area contributed by atoms with Gasteiger partial charge in [-0.25, -0.2) is 12.7 Å². The summed E-state index contributed by atoms with van der Waals surface area (Å²) in [6.45, 7) is 3.92. The lowest BCUT2D eigenvalue weighted by Crippen LogP contribution is -2.37. The van der Waals surface area contributed by atoms with Crippen molar-refractivity contribution in [1.29, 1.82) is 0 Å². The Bertz CT molecular complexity index is 578. The second-order valence-corrected chi connectivity index (χ2v) is 6.81. The van der Waals surface area contributed by atoms with Gasteiger partial charge in [0.1, 0.15) is 5.76 Å². The summed E-state index contributed by atoms with van der Waals surface area (Å²) >= 11 is 0. The molecular formula is C12H21N3O4S. The molecule has 1 amide bonds. The Labute approximate surface area is 119 Å². The van der Waals surface area contributed by atoms with Gasteiger partial charge in [0.25, 0.3) is 15.9 Å². The van der Waals surface area contributed by atoms with Crippen LogP contribution in [0.15, 0.2) is 15.6 Å². The first-order chi connectivity index (χ1) is 9.20. The minimum atomic E-state index is -3.67. The van der Waals surface area contributed by atoms with Gasteiger partial charge in [-0.05, 0) is 20.9 Å². The average molecular weight is 303 g/mol. The summed E-state index contributed by atoms with van der Waals surface area (Å²) in [4.78, 5) is 12.0. The van der Waals surface area contributed by atoms with Crippen LogP contribution in [-0.2, 0) is 10.0 Å². The maximum Gasteiger partial charge on any atom is 0.275 e. The van der Waals surface area contributed by atoms with Crippen LogP contribution in [0.5, 0.6) is 0 Å². The Kier molecular flexibility index (Phi) is 5.32. The van der Waals surface area contributed by atoms with E-state index in [9.17, 15) is 13.2 Å². The second kappa shape index (κ2) is 6.38. The van der Waals surface area contributed by atoms with E-state index < -0.39 is 10.0 Å². The van der Waals surface area contributed by atoms with E-state index in [0.717, 1.165) is 4.31 Å². The highest BCUT2D eigenvalue weighted by Gasteiger charge is 2.25. The fourth-order valence-corrected chi connectivity index (χ4v) is 2.29. The third-order valence-corrected chi connectivity index (χ3v) is 4.61. The fourth-order valence-electron chi connectivity index (χ4n) is 1.43. The van der Waals surface area contributed by atoms with E-state index in [1.807, 2.05) is 6.92 Å². The Morgan fingerprint density at radius 3 is 2.55 bits per heavy atom. The van der Waals surface area contributed by atoms with Crippen molar-refractivity contribution in [1.82, 2.24) is 14.9 Å². The van der Waals surface area contributed by atoms with Crippen molar-refractivity contribution in [3.63, 3.8) is 0 Å². The number of sulfonamides is 1. The molecule has 1 rings (SSSR count). The molecule has 1 aromatic rings. The normalized spacial score (nSPS) is 13.5. The first kappa shape index (κ1) is 16.7. The number of nitrogens with one attached hydrogen (secondary N) is 2. The highest BCUT2D eigenvalue weighted by molar-refractivity contribution is 7.88. The summed E-state index contributed by atoms with van der Waals surface area (Å²) in [6.07, 6.45) is 0. The number of amides is 1. The molecule has 1 atom stereocenters. The van der Waals surface area contributed by atoms with Crippen molar-refractivity contribution in [2.24, 2.45) is 0 Å². The maximum absolute atomic E-state index is 12.0. The van der Waals surface area contributed by atoms with Crippen molar-refractivity contribution >= 4 is 15.9 Å². The number of hydrogen-bond donors (Lipinski definition) is 2. The quantitative estimate of drug-likeness (QED) is 0.782. The van der Waals surface area contributed by atoms with Crippen molar-refractivity contribution in [3.8, 4) is 0 Å². The summed E-state index contributed by atoms with van der Waals surface area (Å²) < 4.78 is 30.1. The summed E-state index contributed by atoms with van der Waals surface area (Å²) in [5.74, 6) is -0.0754. The number of nitrogens with zero attached hydrogens (tertiary/aromatic N) is 1. The highest BCUT2D eigenvalue weighted by atomic mass is 32.2. The van der Waals surface area contributed by atoms with Gasteiger partial charge in [-0.1, -0.05) is 0 Å². The molecule has 0 aromatic carbocycles. The molecule has 1 aromatic heterocycles. The SMILES string of the molecule is CNC(C)CNC(=O)c1cc(S(=O)(=O)N(C)C)oc1C. The van der Waals surface area contributed by atoms with Crippen LogP contribution in [0.3, 0.4) is 0 Å². The molecule has 8 heteroatoms. The first-order valence-electron chi connectivity index (χ1n) is 6.18. The zero-order valence-corrected chi connectivity index (χ0v) is 13.2. The first-order valence-corrected chi connectivity index (χ1v) is 7.62. The molecule has 20 heavy (non-hydrogen) atoms. The van der Waals surface area contributed by atoms with Gasteiger partial charge < -0.3 is 15.1 Å². The van der Waals surface area contributed by atoms with E-state index in [1.54, 1.807) is 14.0 Å². The number of furan rings is 1. The minimum Gasteiger partial charge on any atom is -0.448 e. The fraction of sp³-hybridized carbons (Fsp3) is 0.583. The number of carbonyl (C=O) groups excluding carboxylic acids is 1. The molecule has 0 bridgehead atoms. The molecule has 2 N–H and O–H groups in total.